The molecule has 4 aromatic carbocycles. The SMILES string of the molecule is Cc1cccc(C)c1-c1ccc2c(c1)-c1cc(-c3c(C)cccc3C)ccc1C2. The summed E-state index contributed by atoms with van der Waals surface area (Å²) in [7, 11) is 0. The molecule has 0 fully saturated rings. The maximum Gasteiger partial charge on any atom is -0.00134 e. The Labute approximate surface area is 173 Å². The molecule has 0 saturated heterocycles. The number of hydrogen-bond acceptors (Lipinski definition) is 0. The van der Waals surface area contributed by atoms with Gasteiger partial charge in [0.1, 0.15) is 0 Å². The van der Waals surface area contributed by atoms with Crippen LogP contribution in [0.3, 0.4) is 0 Å². The number of aryl methyl sites for hydroxylation is 4. The molecule has 0 spiro atoms. The molecule has 0 heteroatoms. The Morgan fingerprint density at radius 2 is 0.862 bits per heavy atom. The van der Waals surface area contributed by atoms with Crippen molar-refractivity contribution in [3.63, 3.8) is 0 Å². The summed E-state index contributed by atoms with van der Waals surface area (Å²) < 4.78 is 0. The van der Waals surface area contributed by atoms with Crippen molar-refractivity contribution in [2.75, 3.05) is 0 Å². The van der Waals surface area contributed by atoms with Crippen molar-refractivity contribution >= 4 is 0 Å². The first-order chi connectivity index (χ1) is 14.0. The summed E-state index contributed by atoms with van der Waals surface area (Å²) in [6, 6.07) is 27.2. The molecule has 0 bridgehead atoms. The van der Waals surface area contributed by atoms with Crippen LogP contribution in [0.5, 0.6) is 0 Å². The molecule has 0 nitrogen and oxygen atoms in total. The van der Waals surface area contributed by atoms with Gasteiger partial charge in [0.25, 0.3) is 0 Å². The third kappa shape index (κ3) is 2.91. The van der Waals surface area contributed by atoms with E-state index in [-0.39, 0.29) is 0 Å². The predicted molar refractivity (Wildman–Crippen MR) is 125 cm³/mol. The van der Waals surface area contributed by atoms with Crippen LogP contribution in [0.25, 0.3) is 33.4 Å². The van der Waals surface area contributed by atoms with Crippen molar-refractivity contribution in [1.29, 1.82) is 0 Å². The van der Waals surface area contributed by atoms with Crippen LogP contribution >= 0.6 is 0 Å². The van der Waals surface area contributed by atoms with Crippen LogP contribution in [0.4, 0.5) is 0 Å². The van der Waals surface area contributed by atoms with E-state index in [0.717, 1.165) is 6.42 Å². The van der Waals surface area contributed by atoms with Crippen LogP contribution in [-0.4, -0.2) is 0 Å². The Bertz CT molecular complexity index is 1120. The lowest BCUT2D eigenvalue weighted by atomic mass is 9.91. The molecular weight excluding hydrogens is 348 g/mol. The zero-order valence-electron chi connectivity index (χ0n) is 17.6. The lowest BCUT2D eigenvalue weighted by Gasteiger charge is -2.13. The summed E-state index contributed by atoms with van der Waals surface area (Å²) in [6.07, 6.45) is 1.03. The Hall–Kier alpha value is -3.12. The molecule has 29 heavy (non-hydrogen) atoms. The van der Waals surface area contributed by atoms with Gasteiger partial charge in [-0.05, 0) is 113 Å². The third-order valence-electron chi connectivity index (χ3n) is 6.43. The van der Waals surface area contributed by atoms with Crippen LogP contribution < -0.4 is 0 Å². The number of hydrogen-bond donors (Lipinski definition) is 0. The van der Waals surface area contributed by atoms with Gasteiger partial charge in [-0.15, -0.1) is 0 Å². The van der Waals surface area contributed by atoms with Gasteiger partial charge in [-0.1, -0.05) is 60.7 Å². The Morgan fingerprint density at radius 3 is 1.24 bits per heavy atom. The lowest BCUT2D eigenvalue weighted by Crippen LogP contribution is -1.90. The van der Waals surface area contributed by atoms with Crippen LogP contribution in [0.1, 0.15) is 33.4 Å². The minimum Gasteiger partial charge on any atom is -0.0617 e. The Morgan fingerprint density at radius 1 is 0.483 bits per heavy atom. The number of rotatable bonds is 2. The molecule has 1 aliphatic rings. The summed E-state index contributed by atoms with van der Waals surface area (Å²) in [4.78, 5) is 0. The van der Waals surface area contributed by atoms with Gasteiger partial charge in [-0.3, -0.25) is 0 Å². The van der Waals surface area contributed by atoms with Crippen molar-refractivity contribution in [2.24, 2.45) is 0 Å². The first-order valence-corrected chi connectivity index (χ1v) is 10.4. The van der Waals surface area contributed by atoms with E-state index in [4.69, 9.17) is 0 Å². The second-order valence-corrected chi connectivity index (χ2v) is 8.45. The summed E-state index contributed by atoms with van der Waals surface area (Å²) >= 11 is 0. The average Bonchev–Trinajstić information content (AvgIpc) is 3.05. The van der Waals surface area contributed by atoms with E-state index < -0.39 is 0 Å². The summed E-state index contributed by atoms with van der Waals surface area (Å²) in [5, 5.41) is 0. The molecule has 0 aromatic heterocycles. The van der Waals surface area contributed by atoms with Gasteiger partial charge in [-0.2, -0.15) is 0 Å². The molecule has 0 radical (unpaired) electrons. The molecule has 0 heterocycles. The van der Waals surface area contributed by atoms with Gasteiger partial charge in [-0.25, -0.2) is 0 Å². The van der Waals surface area contributed by atoms with Crippen molar-refractivity contribution in [3.05, 3.63) is 106 Å². The molecule has 0 unspecified atom stereocenters. The summed E-state index contributed by atoms with van der Waals surface area (Å²) in [5.41, 5.74) is 16.4. The third-order valence-corrected chi connectivity index (χ3v) is 6.43. The Kier molecular flexibility index (Phi) is 4.17. The minimum atomic E-state index is 1.03. The molecule has 1 aliphatic carbocycles. The van der Waals surface area contributed by atoms with Gasteiger partial charge in [0.2, 0.25) is 0 Å². The zero-order valence-corrected chi connectivity index (χ0v) is 17.6. The van der Waals surface area contributed by atoms with E-state index in [2.05, 4.69) is 100 Å². The van der Waals surface area contributed by atoms with Gasteiger partial charge in [0.15, 0.2) is 0 Å². The smallest absolute Gasteiger partial charge is 0.00134 e. The van der Waals surface area contributed by atoms with Crippen LogP contribution in [-0.2, 0) is 6.42 Å². The standard InChI is InChI=1S/C29H26/c1-18-7-5-8-19(2)28(18)24-13-11-22-15-23-12-14-25(17-27(23)26(22)16-24)29-20(3)9-6-10-21(29)4/h5-14,16-17H,15H2,1-4H3. The van der Waals surface area contributed by atoms with Gasteiger partial charge >= 0.3 is 0 Å². The van der Waals surface area contributed by atoms with Gasteiger partial charge in [0, 0.05) is 0 Å². The number of fused-ring (bicyclic) bond motifs is 3. The summed E-state index contributed by atoms with van der Waals surface area (Å²) in [6.45, 7) is 8.84. The highest BCUT2D eigenvalue weighted by molar-refractivity contribution is 5.86. The zero-order chi connectivity index (χ0) is 20.1. The molecule has 0 aliphatic heterocycles. The monoisotopic (exact) mass is 374 g/mol. The fourth-order valence-corrected chi connectivity index (χ4v) is 5.02. The van der Waals surface area contributed by atoms with Crippen molar-refractivity contribution in [2.45, 2.75) is 34.1 Å². The van der Waals surface area contributed by atoms with E-state index in [1.54, 1.807) is 0 Å². The maximum absolute atomic E-state index is 2.41. The van der Waals surface area contributed by atoms with E-state index in [1.807, 2.05) is 0 Å². The molecule has 0 amide bonds. The van der Waals surface area contributed by atoms with Crippen LogP contribution in [0.15, 0.2) is 72.8 Å². The first-order valence-electron chi connectivity index (χ1n) is 10.4. The molecular formula is C29H26. The molecule has 0 N–H and O–H groups in total. The van der Waals surface area contributed by atoms with E-state index in [0.29, 0.717) is 0 Å². The highest BCUT2D eigenvalue weighted by Gasteiger charge is 2.21. The summed E-state index contributed by atoms with van der Waals surface area (Å²) in [5.74, 6) is 0. The molecule has 142 valence electrons. The van der Waals surface area contributed by atoms with E-state index in [1.165, 1.54) is 66.8 Å². The average molecular weight is 375 g/mol. The molecule has 0 saturated carbocycles. The fourth-order valence-electron chi connectivity index (χ4n) is 5.02. The van der Waals surface area contributed by atoms with Crippen LogP contribution in [0.2, 0.25) is 0 Å². The molecule has 5 rings (SSSR count). The minimum absolute atomic E-state index is 1.03. The predicted octanol–water partition coefficient (Wildman–Crippen LogP) is 7.83. The van der Waals surface area contributed by atoms with Crippen molar-refractivity contribution in [1.82, 2.24) is 0 Å². The molecule has 4 aromatic rings. The second-order valence-electron chi connectivity index (χ2n) is 8.45. The second kappa shape index (κ2) is 6.74. The Balaban J connectivity index is 1.67. The van der Waals surface area contributed by atoms with E-state index in [9.17, 15) is 0 Å². The van der Waals surface area contributed by atoms with Crippen LogP contribution in [0, 0.1) is 27.7 Å². The highest BCUT2D eigenvalue weighted by atomic mass is 14.2. The van der Waals surface area contributed by atoms with Gasteiger partial charge < -0.3 is 0 Å². The van der Waals surface area contributed by atoms with Gasteiger partial charge in [0.05, 0.1) is 0 Å². The fraction of sp³-hybridized carbons (Fsp3) is 0.172. The molecule has 0 atom stereocenters. The van der Waals surface area contributed by atoms with Crippen molar-refractivity contribution < 1.29 is 0 Å². The normalized spacial score (nSPS) is 12.0. The lowest BCUT2D eigenvalue weighted by molar-refractivity contribution is 1.26. The number of benzene rings is 4. The largest absolute Gasteiger partial charge is 0.0617 e. The maximum atomic E-state index is 2.41. The highest BCUT2D eigenvalue weighted by Crippen LogP contribution is 2.42. The quantitative estimate of drug-likeness (QED) is 0.295. The van der Waals surface area contributed by atoms with Crippen molar-refractivity contribution in [3.8, 4) is 33.4 Å². The first kappa shape index (κ1) is 17.9. The topological polar surface area (TPSA) is 0 Å². The van der Waals surface area contributed by atoms with E-state index >= 15 is 0 Å².